The van der Waals surface area contributed by atoms with Gasteiger partial charge in [0.15, 0.2) is 5.65 Å². The number of nitrogens with zero attached hydrogens (tertiary/aromatic N) is 4. The SMILES string of the molecule is COc1ccc([C@H](C)NC(=O)Cn2nc3cc(-c4ccccc4)nc(C)n3c2=O)cc1. The molecule has 2 aromatic carbocycles. The molecule has 4 aromatic rings. The van der Waals surface area contributed by atoms with Crippen molar-refractivity contribution in [2.75, 3.05) is 7.11 Å². The third kappa shape index (κ3) is 4.18. The summed E-state index contributed by atoms with van der Waals surface area (Å²) in [5, 5.41) is 7.25. The van der Waals surface area contributed by atoms with Gasteiger partial charge < -0.3 is 10.1 Å². The number of aryl methyl sites for hydroxylation is 1. The van der Waals surface area contributed by atoms with Crippen molar-refractivity contribution in [2.45, 2.75) is 26.4 Å². The van der Waals surface area contributed by atoms with Crippen LogP contribution in [0.25, 0.3) is 16.9 Å². The summed E-state index contributed by atoms with van der Waals surface area (Å²) in [7, 11) is 1.60. The van der Waals surface area contributed by atoms with Crippen LogP contribution < -0.4 is 15.7 Å². The smallest absolute Gasteiger partial charge is 0.352 e. The Morgan fingerprint density at radius 1 is 1.13 bits per heavy atom. The lowest BCUT2D eigenvalue weighted by molar-refractivity contribution is -0.122. The fourth-order valence-corrected chi connectivity index (χ4v) is 3.46. The van der Waals surface area contributed by atoms with E-state index in [4.69, 9.17) is 4.74 Å². The average Bonchev–Trinajstić information content (AvgIpc) is 3.09. The molecule has 1 N–H and O–H groups in total. The highest BCUT2D eigenvalue weighted by atomic mass is 16.5. The molecule has 0 bridgehead atoms. The molecular weight excluding hydrogens is 394 g/mol. The van der Waals surface area contributed by atoms with Crippen LogP contribution >= 0.6 is 0 Å². The van der Waals surface area contributed by atoms with Gasteiger partial charge in [-0.15, -0.1) is 5.10 Å². The minimum Gasteiger partial charge on any atom is -0.497 e. The fourth-order valence-electron chi connectivity index (χ4n) is 3.46. The maximum Gasteiger partial charge on any atom is 0.352 e. The van der Waals surface area contributed by atoms with Crippen LogP contribution in [-0.2, 0) is 11.3 Å². The van der Waals surface area contributed by atoms with Crippen molar-refractivity contribution in [1.29, 1.82) is 0 Å². The number of aromatic nitrogens is 4. The molecular formula is C23H23N5O3. The molecule has 1 atom stereocenters. The van der Waals surface area contributed by atoms with E-state index in [1.165, 1.54) is 4.40 Å². The number of ether oxygens (including phenoxy) is 1. The predicted octanol–water partition coefficient (Wildman–Crippen LogP) is 2.75. The lowest BCUT2D eigenvalue weighted by atomic mass is 10.1. The van der Waals surface area contributed by atoms with Crippen molar-refractivity contribution in [3.05, 3.63) is 82.5 Å². The standard InChI is InChI=1S/C23H23N5O3/c1-15(17-9-11-19(31-3)12-10-17)24-22(29)14-27-23(30)28-16(2)25-20(13-21(28)26-27)18-7-5-4-6-8-18/h4-13,15H,14H2,1-3H3,(H,24,29)/t15-/m0/s1. The lowest BCUT2D eigenvalue weighted by Gasteiger charge is -2.14. The van der Waals surface area contributed by atoms with Gasteiger partial charge >= 0.3 is 5.69 Å². The van der Waals surface area contributed by atoms with Gasteiger partial charge in [-0.3, -0.25) is 4.79 Å². The number of methoxy groups -OCH3 is 1. The second-order valence-electron chi connectivity index (χ2n) is 7.25. The predicted molar refractivity (Wildman–Crippen MR) is 117 cm³/mol. The molecule has 2 aromatic heterocycles. The molecule has 0 aliphatic rings. The number of rotatable bonds is 6. The number of carbonyl (C=O) groups is 1. The molecule has 31 heavy (non-hydrogen) atoms. The monoisotopic (exact) mass is 417 g/mol. The zero-order chi connectivity index (χ0) is 22.0. The summed E-state index contributed by atoms with van der Waals surface area (Å²) >= 11 is 0. The summed E-state index contributed by atoms with van der Waals surface area (Å²) in [5.41, 5.74) is 2.64. The van der Waals surface area contributed by atoms with Gasteiger partial charge in [0.25, 0.3) is 0 Å². The Morgan fingerprint density at radius 2 is 1.84 bits per heavy atom. The summed E-state index contributed by atoms with van der Waals surface area (Å²) in [6.45, 7) is 3.45. The number of amides is 1. The molecule has 0 fully saturated rings. The van der Waals surface area contributed by atoms with E-state index < -0.39 is 5.69 Å². The first-order valence-corrected chi connectivity index (χ1v) is 9.92. The Labute approximate surface area is 179 Å². The van der Waals surface area contributed by atoms with Gasteiger partial charge in [0, 0.05) is 11.6 Å². The van der Waals surface area contributed by atoms with E-state index in [1.807, 2.05) is 61.5 Å². The van der Waals surface area contributed by atoms with Crippen molar-refractivity contribution in [2.24, 2.45) is 0 Å². The van der Waals surface area contributed by atoms with E-state index >= 15 is 0 Å². The van der Waals surface area contributed by atoms with Crippen LogP contribution in [0.5, 0.6) is 5.75 Å². The van der Waals surface area contributed by atoms with Crippen LogP contribution in [0.4, 0.5) is 0 Å². The molecule has 0 saturated carbocycles. The van der Waals surface area contributed by atoms with Gasteiger partial charge in [-0.1, -0.05) is 42.5 Å². The van der Waals surface area contributed by atoms with Crippen molar-refractivity contribution in [3.63, 3.8) is 0 Å². The van der Waals surface area contributed by atoms with E-state index in [1.54, 1.807) is 20.1 Å². The number of hydrogen-bond donors (Lipinski definition) is 1. The van der Waals surface area contributed by atoms with Gasteiger partial charge in [-0.2, -0.15) is 0 Å². The topological polar surface area (TPSA) is 90.5 Å². The van der Waals surface area contributed by atoms with E-state index in [0.29, 0.717) is 11.5 Å². The first kappa shape index (κ1) is 20.3. The van der Waals surface area contributed by atoms with Gasteiger partial charge in [0.2, 0.25) is 5.91 Å². The van der Waals surface area contributed by atoms with Gasteiger partial charge in [-0.05, 0) is 31.5 Å². The molecule has 158 valence electrons. The Hall–Kier alpha value is -3.94. The van der Waals surface area contributed by atoms with E-state index in [0.717, 1.165) is 27.3 Å². The van der Waals surface area contributed by atoms with Gasteiger partial charge in [0.1, 0.15) is 18.1 Å². The van der Waals surface area contributed by atoms with Crippen LogP contribution in [0.1, 0.15) is 24.4 Å². The number of benzene rings is 2. The molecule has 8 heteroatoms. The van der Waals surface area contributed by atoms with Crippen LogP contribution in [0.3, 0.4) is 0 Å². The number of fused-ring (bicyclic) bond motifs is 1. The molecule has 0 spiro atoms. The van der Waals surface area contributed by atoms with Crippen LogP contribution in [0.2, 0.25) is 0 Å². The molecule has 8 nitrogen and oxygen atoms in total. The normalized spacial score (nSPS) is 12.0. The highest BCUT2D eigenvalue weighted by molar-refractivity contribution is 5.76. The maximum absolute atomic E-state index is 12.8. The third-order valence-electron chi connectivity index (χ3n) is 5.09. The van der Waals surface area contributed by atoms with E-state index in [2.05, 4.69) is 15.4 Å². The van der Waals surface area contributed by atoms with E-state index in [9.17, 15) is 9.59 Å². The van der Waals surface area contributed by atoms with Crippen LogP contribution in [0.15, 0.2) is 65.5 Å². The Balaban J connectivity index is 1.55. The van der Waals surface area contributed by atoms with Gasteiger partial charge in [-0.25, -0.2) is 18.9 Å². The minimum absolute atomic E-state index is 0.179. The van der Waals surface area contributed by atoms with Crippen LogP contribution in [-0.4, -0.2) is 32.2 Å². The highest BCUT2D eigenvalue weighted by Crippen LogP contribution is 2.19. The van der Waals surface area contributed by atoms with Crippen molar-refractivity contribution >= 4 is 11.6 Å². The second-order valence-corrected chi connectivity index (χ2v) is 7.25. The van der Waals surface area contributed by atoms with Crippen LogP contribution in [0, 0.1) is 6.92 Å². The fraction of sp³-hybridized carbons (Fsp3) is 0.217. The first-order valence-electron chi connectivity index (χ1n) is 9.92. The number of nitrogens with one attached hydrogen (secondary N) is 1. The molecule has 0 radical (unpaired) electrons. The summed E-state index contributed by atoms with van der Waals surface area (Å²) in [6, 6.07) is 18.7. The van der Waals surface area contributed by atoms with E-state index in [-0.39, 0.29) is 18.5 Å². The Bertz CT molecular complexity index is 1280. The quantitative estimate of drug-likeness (QED) is 0.521. The third-order valence-corrected chi connectivity index (χ3v) is 5.09. The summed E-state index contributed by atoms with van der Waals surface area (Å²) in [4.78, 5) is 29.9. The zero-order valence-corrected chi connectivity index (χ0v) is 17.6. The zero-order valence-electron chi connectivity index (χ0n) is 17.6. The highest BCUT2D eigenvalue weighted by Gasteiger charge is 2.16. The van der Waals surface area contributed by atoms with Gasteiger partial charge in [0.05, 0.1) is 18.8 Å². The number of hydrogen-bond acceptors (Lipinski definition) is 5. The molecule has 2 heterocycles. The largest absolute Gasteiger partial charge is 0.497 e. The molecule has 4 rings (SSSR count). The Kier molecular flexibility index (Phi) is 5.53. The first-order chi connectivity index (χ1) is 15.0. The van der Waals surface area contributed by atoms with Crippen molar-refractivity contribution in [3.8, 4) is 17.0 Å². The Morgan fingerprint density at radius 3 is 2.52 bits per heavy atom. The molecule has 0 aliphatic carbocycles. The average molecular weight is 417 g/mol. The lowest BCUT2D eigenvalue weighted by Crippen LogP contribution is -2.34. The number of carbonyl (C=O) groups excluding carboxylic acids is 1. The minimum atomic E-state index is -0.396. The second kappa shape index (κ2) is 8.43. The van der Waals surface area contributed by atoms with Crippen molar-refractivity contribution in [1.82, 2.24) is 24.5 Å². The van der Waals surface area contributed by atoms with Crippen molar-refractivity contribution < 1.29 is 9.53 Å². The molecule has 0 saturated heterocycles. The molecule has 0 aliphatic heterocycles. The summed E-state index contributed by atoms with van der Waals surface area (Å²) in [6.07, 6.45) is 0. The maximum atomic E-state index is 12.8. The summed E-state index contributed by atoms with van der Waals surface area (Å²) in [5.74, 6) is 0.958. The molecule has 0 unspecified atom stereocenters. The summed E-state index contributed by atoms with van der Waals surface area (Å²) < 4.78 is 7.73. The molecule has 1 amide bonds.